The summed E-state index contributed by atoms with van der Waals surface area (Å²) in [6.07, 6.45) is 3.75. The van der Waals surface area contributed by atoms with Gasteiger partial charge in [-0.2, -0.15) is 0 Å². The lowest BCUT2D eigenvalue weighted by molar-refractivity contribution is -0.135. The summed E-state index contributed by atoms with van der Waals surface area (Å²) in [6, 6.07) is 7.60. The van der Waals surface area contributed by atoms with Gasteiger partial charge in [-0.3, -0.25) is 14.9 Å². The van der Waals surface area contributed by atoms with Crippen LogP contribution in [0, 0.1) is 0 Å². The Morgan fingerprint density at radius 3 is 2.68 bits per heavy atom. The van der Waals surface area contributed by atoms with Crippen molar-refractivity contribution >= 4 is 23.6 Å². The predicted molar refractivity (Wildman–Crippen MR) is 100 cm³/mol. The molecule has 2 saturated carbocycles. The van der Waals surface area contributed by atoms with E-state index in [9.17, 15) is 9.59 Å². The first-order valence-corrected chi connectivity index (χ1v) is 10.5. The number of hydrogen-bond acceptors (Lipinski definition) is 7. The molecule has 9 heteroatoms. The fourth-order valence-corrected chi connectivity index (χ4v) is 4.03. The van der Waals surface area contributed by atoms with Crippen LogP contribution in [0.5, 0.6) is 11.5 Å². The van der Waals surface area contributed by atoms with Gasteiger partial charge in [0, 0.05) is 12.0 Å². The zero-order valence-electron chi connectivity index (χ0n) is 15.2. The van der Waals surface area contributed by atoms with Gasteiger partial charge in [-0.1, -0.05) is 23.9 Å². The number of para-hydroxylation sites is 2. The van der Waals surface area contributed by atoms with Crippen LogP contribution >= 0.6 is 11.8 Å². The van der Waals surface area contributed by atoms with Crippen molar-refractivity contribution in [1.82, 2.24) is 20.1 Å². The molecule has 2 fully saturated rings. The summed E-state index contributed by atoms with van der Waals surface area (Å²) in [6.45, 7) is 0.0734. The molecule has 1 atom stereocenters. The molecular formula is C19H20N4O4S. The summed E-state index contributed by atoms with van der Waals surface area (Å²) >= 11 is 1.32. The third kappa shape index (κ3) is 3.58. The van der Waals surface area contributed by atoms with E-state index in [0.717, 1.165) is 36.7 Å². The van der Waals surface area contributed by atoms with Crippen LogP contribution in [0.25, 0.3) is 0 Å². The molecule has 146 valence electrons. The Labute approximate surface area is 166 Å². The molecule has 5 rings (SSSR count). The van der Waals surface area contributed by atoms with Gasteiger partial charge < -0.3 is 14.0 Å². The molecule has 1 aliphatic heterocycles. The van der Waals surface area contributed by atoms with Crippen molar-refractivity contribution in [2.75, 3.05) is 12.4 Å². The highest BCUT2D eigenvalue weighted by Crippen LogP contribution is 2.45. The number of ether oxygens (including phenoxy) is 2. The Bertz CT molecular complexity index is 922. The lowest BCUT2D eigenvalue weighted by Crippen LogP contribution is -2.46. The predicted octanol–water partition coefficient (Wildman–Crippen LogP) is 2.07. The fourth-order valence-electron chi connectivity index (χ4n) is 3.22. The Kier molecular flexibility index (Phi) is 4.46. The van der Waals surface area contributed by atoms with Gasteiger partial charge in [-0.05, 0) is 37.8 Å². The molecule has 2 aromatic rings. The molecule has 28 heavy (non-hydrogen) atoms. The first kappa shape index (κ1) is 17.5. The zero-order chi connectivity index (χ0) is 19.1. The van der Waals surface area contributed by atoms with E-state index in [2.05, 4.69) is 20.1 Å². The molecule has 2 aliphatic carbocycles. The SMILES string of the molecule is O=C(CSc1nnc(C2CC2)n1C1CC1)NC(=O)C1COc2ccccc2O1. The fraction of sp³-hybridized carbons (Fsp3) is 0.474. The first-order valence-electron chi connectivity index (χ1n) is 9.49. The van der Waals surface area contributed by atoms with E-state index in [0.29, 0.717) is 23.5 Å². The van der Waals surface area contributed by atoms with Gasteiger partial charge in [-0.25, -0.2) is 0 Å². The van der Waals surface area contributed by atoms with Crippen LogP contribution in [0.4, 0.5) is 0 Å². The van der Waals surface area contributed by atoms with E-state index < -0.39 is 12.0 Å². The van der Waals surface area contributed by atoms with E-state index >= 15 is 0 Å². The van der Waals surface area contributed by atoms with Crippen LogP contribution in [-0.2, 0) is 9.59 Å². The largest absolute Gasteiger partial charge is 0.485 e. The van der Waals surface area contributed by atoms with E-state index in [1.54, 1.807) is 18.2 Å². The molecule has 1 aromatic carbocycles. The normalized spacial score (nSPS) is 20.6. The molecule has 8 nitrogen and oxygen atoms in total. The molecule has 1 N–H and O–H groups in total. The maximum absolute atomic E-state index is 12.3. The van der Waals surface area contributed by atoms with Crippen molar-refractivity contribution in [1.29, 1.82) is 0 Å². The van der Waals surface area contributed by atoms with Crippen molar-refractivity contribution < 1.29 is 19.1 Å². The molecule has 3 aliphatic rings. The zero-order valence-corrected chi connectivity index (χ0v) is 16.0. The quantitative estimate of drug-likeness (QED) is 0.742. The first-order chi connectivity index (χ1) is 13.7. The van der Waals surface area contributed by atoms with Crippen LogP contribution in [0.15, 0.2) is 29.4 Å². The number of benzene rings is 1. The standard InChI is InChI=1S/C19H20N4O4S/c24-16(20-18(25)15-9-26-13-3-1-2-4-14(13)27-15)10-28-19-22-21-17(11-5-6-11)23(19)12-7-8-12/h1-4,11-12,15H,5-10H2,(H,20,24,25). The van der Waals surface area contributed by atoms with E-state index in [1.807, 2.05) is 6.07 Å². The second-order valence-electron chi connectivity index (χ2n) is 7.28. The summed E-state index contributed by atoms with van der Waals surface area (Å²) in [4.78, 5) is 24.6. The van der Waals surface area contributed by atoms with E-state index in [1.165, 1.54) is 11.8 Å². The van der Waals surface area contributed by atoms with Crippen molar-refractivity contribution in [2.24, 2.45) is 0 Å². The average Bonchev–Trinajstić information content (AvgIpc) is 3.64. The number of thioether (sulfide) groups is 1. The minimum Gasteiger partial charge on any atom is -0.485 e. The minimum absolute atomic E-state index is 0.0734. The van der Waals surface area contributed by atoms with Gasteiger partial charge in [0.15, 0.2) is 16.7 Å². The summed E-state index contributed by atoms with van der Waals surface area (Å²) in [5.74, 6) is 1.89. The monoisotopic (exact) mass is 400 g/mol. The number of carbonyl (C=O) groups is 2. The van der Waals surface area contributed by atoms with Crippen molar-refractivity contribution in [2.45, 2.75) is 48.9 Å². The number of amides is 2. The molecular weight excluding hydrogens is 380 g/mol. The number of fused-ring (bicyclic) bond motifs is 1. The lowest BCUT2D eigenvalue weighted by atomic mass is 10.2. The third-order valence-corrected chi connectivity index (χ3v) is 5.88. The second-order valence-corrected chi connectivity index (χ2v) is 8.22. The van der Waals surface area contributed by atoms with Crippen LogP contribution < -0.4 is 14.8 Å². The maximum atomic E-state index is 12.3. The maximum Gasteiger partial charge on any atom is 0.271 e. The number of hydrogen-bond donors (Lipinski definition) is 1. The van der Waals surface area contributed by atoms with E-state index in [4.69, 9.17) is 9.47 Å². The van der Waals surface area contributed by atoms with Gasteiger partial charge in [0.25, 0.3) is 5.91 Å². The second kappa shape index (κ2) is 7.12. The minimum atomic E-state index is -0.847. The van der Waals surface area contributed by atoms with E-state index in [-0.39, 0.29) is 18.3 Å². The van der Waals surface area contributed by atoms with Gasteiger partial charge in [-0.15, -0.1) is 10.2 Å². The summed E-state index contributed by atoms with van der Waals surface area (Å²) in [5.41, 5.74) is 0. The molecule has 0 bridgehead atoms. The smallest absolute Gasteiger partial charge is 0.271 e. The Morgan fingerprint density at radius 2 is 1.93 bits per heavy atom. The van der Waals surface area contributed by atoms with Gasteiger partial charge in [0.2, 0.25) is 12.0 Å². The highest BCUT2D eigenvalue weighted by Gasteiger charge is 2.36. The topological polar surface area (TPSA) is 95.3 Å². The number of nitrogens with one attached hydrogen (secondary N) is 1. The molecule has 1 aromatic heterocycles. The van der Waals surface area contributed by atoms with Crippen LogP contribution in [0.2, 0.25) is 0 Å². The number of imide groups is 1. The molecule has 0 saturated heterocycles. The van der Waals surface area contributed by atoms with Gasteiger partial charge in [0.05, 0.1) is 5.75 Å². The number of aromatic nitrogens is 3. The molecule has 2 amide bonds. The van der Waals surface area contributed by atoms with Crippen molar-refractivity contribution in [3.05, 3.63) is 30.1 Å². The number of carbonyl (C=O) groups excluding carboxylic acids is 2. The average molecular weight is 400 g/mol. The van der Waals surface area contributed by atoms with Gasteiger partial charge >= 0.3 is 0 Å². The summed E-state index contributed by atoms with van der Waals surface area (Å²) < 4.78 is 13.3. The van der Waals surface area contributed by atoms with Crippen LogP contribution in [0.3, 0.4) is 0 Å². The summed E-state index contributed by atoms with van der Waals surface area (Å²) in [5, 5.41) is 11.8. The highest BCUT2D eigenvalue weighted by molar-refractivity contribution is 7.99. The molecule has 1 unspecified atom stereocenters. The van der Waals surface area contributed by atoms with Crippen molar-refractivity contribution in [3.8, 4) is 11.5 Å². The van der Waals surface area contributed by atoms with Crippen LogP contribution in [0.1, 0.15) is 43.5 Å². The summed E-state index contributed by atoms with van der Waals surface area (Å²) in [7, 11) is 0. The van der Waals surface area contributed by atoms with Gasteiger partial charge in [0.1, 0.15) is 12.4 Å². The molecule has 0 spiro atoms. The Hall–Kier alpha value is -2.55. The van der Waals surface area contributed by atoms with Crippen molar-refractivity contribution in [3.63, 3.8) is 0 Å². The molecule has 2 heterocycles. The Morgan fingerprint density at radius 1 is 1.14 bits per heavy atom. The lowest BCUT2D eigenvalue weighted by Gasteiger charge is -2.25. The third-order valence-electron chi connectivity index (χ3n) is 4.94. The number of nitrogens with zero attached hydrogens (tertiary/aromatic N) is 3. The number of rotatable bonds is 6. The highest BCUT2D eigenvalue weighted by atomic mass is 32.2. The van der Waals surface area contributed by atoms with Crippen LogP contribution in [-0.4, -0.2) is 45.0 Å². The molecule has 0 radical (unpaired) electrons. The Balaban J connectivity index is 1.17.